The van der Waals surface area contributed by atoms with Crippen LogP contribution in [0.4, 0.5) is 0 Å². The van der Waals surface area contributed by atoms with Gasteiger partial charge in [0.05, 0.1) is 10.5 Å². The largest absolute Gasteiger partial charge is 0.478 e. The summed E-state index contributed by atoms with van der Waals surface area (Å²) in [5, 5.41) is 8.71. The first-order valence-corrected chi connectivity index (χ1v) is 7.25. The fraction of sp³-hybridized carbons (Fsp3) is 0.125. The number of rotatable bonds is 3. The molecule has 1 N–H and O–H groups in total. The van der Waals surface area contributed by atoms with Crippen LogP contribution in [0.1, 0.15) is 10.4 Å². The minimum Gasteiger partial charge on any atom is -0.478 e. The van der Waals surface area contributed by atoms with Crippen molar-refractivity contribution in [2.24, 2.45) is 0 Å². The van der Waals surface area contributed by atoms with Crippen molar-refractivity contribution in [1.29, 1.82) is 0 Å². The van der Waals surface area contributed by atoms with Crippen molar-refractivity contribution < 1.29 is 18.3 Å². The van der Waals surface area contributed by atoms with Gasteiger partial charge in [-0.2, -0.15) is 0 Å². The summed E-state index contributed by atoms with van der Waals surface area (Å²) in [4.78, 5) is 10.9. The van der Waals surface area contributed by atoms with Crippen LogP contribution in [0.15, 0.2) is 28.0 Å². The molecule has 7 heteroatoms. The summed E-state index contributed by atoms with van der Waals surface area (Å²) in [6, 6.07) is 3.68. The zero-order valence-electron chi connectivity index (χ0n) is 7.60. The molecule has 4 nitrogen and oxygen atoms in total. The molecule has 0 bridgehead atoms. The Morgan fingerprint density at radius 1 is 1.47 bits per heavy atom. The summed E-state index contributed by atoms with van der Waals surface area (Å²) in [7, 11) is 1.36. The average molecular weight is 267 g/mol. The van der Waals surface area contributed by atoms with Gasteiger partial charge in [-0.05, 0) is 24.5 Å². The zero-order valence-corrected chi connectivity index (χ0v) is 9.99. The Balaban J connectivity index is 3.40. The van der Waals surface area contributed by atoms with Gasteiger partial charge in [-0.25, -0.2) is 13.2 Å². The molecule has 0 amide bonds. The quantitative estimate of drug-likeness (QED) is 0.670. The molecule has 1 rings (SSSR count). The summed E-state index contributed by atoms with van der Waals surface area (Å²) >= 11 is 1.13. The molecular formula is C8H7ClO4S2. The van der Waals surface area contributed by atoms with Gasteiger partial charge in [0, 0.05) is 15.6 Å². The van der Waals surface area contributed by atoms with Crippen LogP contribution < -0.4 is 0 Å². The molecule has 0 aliphatic heterocycles. The molecular weight excluding hydrogens is 260 g/mol. The number of carbonyl (C=O) groups is 1. The van der Waals surface area contributed by atoms with E-state index in [4.69, 9.17) is 15.8 Å². The van der Waals surface area contributed by atoms with Crippen molar-refractivity contribution >= 4 is 37.5 Å². The van der Waals surface area contributed by atoms with Crippen LogP contribution in [-0.4, -0.2) is 25.7 Å². The number of carboxylic acids is 1. The van der Waals surface area contributed by atoms with Gasteiger partial charge in [0.25, 0.3) is 9.05 Å². The highest BCUT2D eigenvalue weighted by Gasteiger charge is 2.17. The van der Waals surface area contributed by atoms with E-state index in [1.54, 1.807) is 6.26 Å². The van der Waals surface area contributed by atoms with Crippen molar-refractivity contribution in [3.05, 3.63) is 23.8 Å². The van der Waals surface area contributed by atoms with Gasteiger partial charge < -0.3 is 5.11 Å². The zero-order chi connectivity index (χ0) is 11.6. The lowest BCUT2D eigenvalue weighted by Gasteiger charge is -2.04. The molecule has 0 unspecified atom stereocenters. The molecule has 0 saturated heterocycles. The molecule has 0 radical (unpaired) electrons. The molecule has 0 fully saturated rings. The van der Waals surface area contributed by atoms with Gasteiger partial charge in [0.15, 0.2) is 0 Å². The molecule has 0 atom stereocenters. The number of carboxylic acid groups (broad SMARTS) is 1. The molecule has 0 saturated carbocycles. The Morgan fingerprint density at radius 3 is 2.47 bits per heavy atom. The fourth-order valence-electron chi connectivity index (χ4n) is 1.00. The summed E-state index contributed by atoms with van der Waals surface area (Å²) in [5.74, 6) is -1.11. The number of benzene rings is 1. The first-order valence-electron chi connectivity index (χ1n) is 3.72. The Kier molecular flexibility index (Phi) is 3.64. The van der Waals surface area contributed by atoms with Crippen LogP contribution in [0.25, 0.3) is 0 Å². The first-order chi connectivity index (χ1) is 6.86. The molecule has 0 spiro atoms. The number of hydrogen-bond donors (Lipinski definition) is 1. The van der Waals surface area contributed by atoms with Gasteiger partial charge >= 0.3 is 5.97 Å². The third-order valence-corrected chi connectivity index (χ3v) is 3.96. The van der Waals surface area contributed by atoms with Gasteiger partial charge in [0.2, 0.25) is 0 Å². The van der Waals surface area contributed by atoms with Crippen molar-refractivity contribution in [2.75, 3.05) is 6.26 Å². The van der Waals surface area contributed by atoms with Crippen molar-refractivity contribution in [3.8, 4) is 0 Å². The third kappa shape index (κ3) is 2.87. The number of aromatic carboxylic acids is 1. The van der Waals surface area contributed by atoms with Crippen LogP contribution in [0.2, 0.25) is 0 Å². The molecule has 82 valence electrons. The van der Waals surface area contributed by atoms with Gasteiger partial charge in [-0.3, -0.25) is 0 Å². The third-order valence-electron chi connectivity index (χ3n) is 1.67. The Labute approximate surface area is 95.7 Å². The van der Waals surface area contributed by atoms with E-state index in [9.17, 15) is 13.2 Å². The normalized spacial score (nSPS) is 11.3. The second-order valence-corrected chi connectivity index (χ2v) is 5.99. The number of halogens is 1. The highest BCUT2D eigenvalue weighted by Crippen LogP contribution is 2.28. The second kappa shape index (κ2) is 4.42. The highest BCUT2D eigenvalue weighted by molar-refractivity contribution is 8.14. The second-order valence-electron chi connectivity index (χ2n) is 2.61. The van der Waals surface area contributed by atoms with Crippen molar-refractivity contribution in [3.63, 3.8) is 0 Å². The van der Waals surface area contributed by atoms with E-state index < -0.39 is 15.0 Å². The van der Waals surface area contributed by atoms with E-state index in [0.717, 1.165) is 11.8 Å². The average Bonchev–Trinajstić information content (AvgIpc) is 2.15. The van der Waals surface area contributed by atoms with Crippen molar-refractivity contribution in [2.45, 2.75) is 9.79 Å². The predicted molar refractivity (Wildman–Crippen MR) is 58.2 cm³/mol. The number of thioether (sulfide) groups is 1. The summed E-state index contributed by atoms with van der Waals surface area (Å²) in [5.41, 5.74) is 0.0309. The van der Waals surface area contributed by atoms with E-state index in [2.05, 4.69) is 0 Å². The minimum atomic E-state index is -3.83. The van der Waals surface area contributed by atoms with E-state index in [1.165, 1.54) is 18.2 Å². The van der Waals surface area contributed by atoms with Crippen LogP contribution in [-0.2, 0) is 9.05 Å². The monoisotopic (exact) mass is 266 g/mol. The lowest BCUT2D eigenvalue weighted by molar-refractivity contribution is 0.0696. The van der Waals surface area contributed by atoms with Gasteiger partial charge in [-0.1, -0.05) is 0 Å². The predicted octanol–water partition coefficient (Wildman–Crippen LogP) is 2.03. The van der Waals surface area contributed by atoms with E-state index in [0.29, 0.717) is 4.90 Å². The summed E-state index contributed by atoms with van der Waals surface area (Å²) in [6.45, 7) is 0. The van der Waals surface area contributed by atoms with E-state index >= 15 is 0 Å². The molecule has 15 heavy (non-hydrogen) atoms. The highest BCUT2D eigenvalue weighted by atomic mass is 35.7. The minimum absolute atomic E-state index is 0.0309. The molecule has 0 heterocycles. The van der Waals surface area contributed by atoms with Crippen LogP contribution >= 0.6 is 22.4 Å². The van der Waals surface area contributed by atoms with Gasteiger partial charge in [0.1, 0.15) is 0 Å². The maximum Gasteiger partial charge on any atom is 0.335 e. The number of hydrogen-bond acceptors (Lipinski definition) is 4. The maximum atomic E-state index is 11.1. The van der Waals surface area contributed by atoms with E-state index in [-0.39, 0.29) is 10.5 Å². The van der Waals surface area contributed by atoms with Crippen LogP contribution in [0.5, 0.6) is 0 Å². The van der Waals surface area contributed by atoms with Crippen LogP contribution in [0, 0.1) is 0 Å². The van der Waals surface area contributed by atoms with Gasteiger partial charge in [-0.15, -0.1) is 11.8 Å². The molecule has 0 aromatic heterocycles. The molecule has 1 aromatic carbocycles. The Bertz CT molecular complexity index is 495. The first kappa shape index (κ1) is 12.4. The summed E-state index contributed by atoms with van der Waals surface area (Å²) in [6.07, 6.45) is 1.65. The smallest absolute Gasteiger partial charge is 0.335 e. The topological polar surface area (TPSA) is 71.4 Å². The molecule has 0 aliphatic carbocycles. The Hall–Kier alpha value is -0.720. The molecule has 1 aromatic rings. The SMILES string of the molecule is CSc1cc(C(=O)O)ccc1S(=O)(=O)Cl. The molecule has 0 aliphatic rings. The van der Waals surface area contributed by atoms with Crippen molar-refractivity contribution in [1.82, 2.24) is 0 Å². The summed E-state index contributed by atoms with van der Waals surface area (Å²) < 4.78 is 22.2. The Morgan fingerprint density at radius 2 is 2.07 bits per heavy atom. The lowest BCUT2D eigenvalue weighted by Crippen LogP contribution is -1.99. The standard InChI is InChI=1S/C8H7ClO4S2/c1-14-6-4-5(8(10)11)2-3-7(6)15(9,12)13/h2-4H,1H3,(H,10,11). The lowest BCUT2D eigenvalue weighted by atomic mass is 10.2. The van der Waals surface area contributed by atoms with Crippen LogP contribution in [0.3, 0.4) is 0 Å². The van der Waals surface area contributed by atoms with E-state index in [1.807, 2.05) is 0 Å². The maximum absolute atomic E-state index is 11.1. The fourth-order valence-corrected chi connectivity index (χ4v) is 3.17.